The van der Waals surface area contributed by atoms with E-state index in [1.807, 2.05) is 52.0 Å². The minimum absolute atomic E-state index is 0.0516. The lowest BCUT2D eigenvalue weighted by Crippen LogP contribution is -2.34. The highest BCUT2D eigenvalue weighted by Gasteiger charge is 2.30. The predicted octanol–water partition coefficient (Wildman–Crippen LogP) is 5.73. The number of hydrogen-bond acceptors (Lipinski definition) is 4. The van der Waals surface area contributed by atoms with Gasteiger partial charge in [0.1, 0.15) is 17.7 Å². The number of hydrazone groups is 1. The van der Waals surface area contributed by atoms with Gasteiger partial charge in [-0.25, -0.2) is 0 Å². The molecule has 3 rings (SSSR count). The van der Waals surface area contributed by atoms with Gasteiger partial charge in [-0.15, -0.1) is 0 Å². The summed E-state index contributed by atoms with van der Waals surface area (Å²) in [6.45, 7) is 7.95. The summed E-state index contributed by atoms with van der Waals surface area (Å²) in [5.74, 6) is 5.67. The number of ether oxygens (including phenoxy) is 1. The second-order valence-corrected chi connectivity index (χ2v) is 9.21. The molecule has 0 bridgehead atoms. The van der Waals surface area contributed by atoms with Crippen LogP contribution in [0, 0.1) is 19.8 Å². The van der Waals surface area contributed by atoms with Gasteiger partial charge in [0, 0.05) is 5.56 Å². The molecular formula is C28H31F3N4O2. The predicted molar refractivity (Wildman–Crippen MR) is 139 cm³/mol. The van der Waals surface area contributed by atoms with Crippen LogP contribution < -0.4 is 21.6 Å². The molecular weight excluding hydrogens is 481 g/mol. The van der Waals surface area contributed by atoms with Crippen molar-refractivity contribution in [1.29, 1.82) is 0 Å². The summed E-state index contributed by atoms with van der Waals surface area (Å²) in [4.78, 5) is 12.3. The highest BCUT2D eigenvalue weighted by Crippen LogP contribution is 2.36. The Kier molecular flexibility index (Phi) is 8.47. The molecule has 3 aromatic carbocycles. The van der Waals surface area contributed by atoms with Crippen molar-refractivity contribution < 1.29 is 22.7 Å². The molecule has 6 nitrogen and oxygen atoms in total. The molecule has 0 saturated heterocycles. The van der Waals surface area contributed by atoms with Gasteiger partial charge < -0.3 is 21.6 Å². The van der Waals surface area contributed by atoms with Crippen LogP contribution in [0.5, 0.6) is 5.75 Å². The summed E-state index contributed by atoms with van der Waals surface area (Å²) < 4.78 is 45.2. The molecule has 0 fully saturated rings. The van der Waals surface area contributed by atoms with Crippen molar-refractivity contribution in [3.8, 4) is 16.9 Å². The number of amides is 1. The molecule has 0 radical (unpaired) electrons. The first-order chi connectivity index (χ1) is 17.4. The first-order valence-corrected chi connectivity index (χ1v) is 11.8. The molecule has 1 unspecified atom stereocenters. The van der Waals surface area contributed by atoms with Gasteiger partial charge >= 0.3 is 6.18 Å². The standard InChI is InChI=1S/C28H31F3N4O2/c1-16(2)26(20-5-7-21(8-6-20)27(36)34-15-24(32)35-33)37-23-13-17(3)25(18(4)14-23)19-9-11-22(12-10-19)28(29,30)31/h5-14,16,26H,15,33H2,1-4H3,(H2,32,35)(H,34,36). The number of carbonyl (C=O) groups excluding carboxylic acids is 1. The molecule has 0 aromatic heterocycles. The largest absolute Gasteiger partial charge is 0.485 e. The molecule has 0 aliphatic rings. The van der Waals surface area contributed by atoms with Crippen LogP contribution in [0.25, 0.3) is 11.1 Å². The van der Waals surface area contributed by atoms with E-state index < -0.39 is 11.7 Å². The third-order valence-corrected chi connectivity index (χ3v) is 5.97. The fourth-order valence-electron chi connectivity index (χ4n) is 4.15. The Balaban J connectivity index is 1.80. The number of benzene rings is 3. The van der Waals surface area contributed by atoms with Gasteiger partial charge in [-0.05, 0) is 84.0 Å². The Morgan fingerprint density at radius 1 is 1.00 bits per heavy atom. The summed E-state index contributed by atoms with van der Waals surface area (Å²) in [7, 11) is 0. The molecule has 0 spiro atoms. The van der Waals surface area contributed by atoms with E-state index in [1.54, 1.807) is 12.1 Å². The molecule has 3 aromatic rings. The molecule has 196 valence electrons. The van der Waals surface area contributed by atoms with Gasteiger partial charge in [-0.2, -0.15) is 18.3 Å². The number of rotatable bonds is 8. The third-order valence-electron chi connectivity index (χ3n) is 5.97. The van der Waals surface area contributed by atoms with Crippen LogP contribution in [0.4, 0.5) is 13.2 Å². The van der Waals surface area contributed by atoms with Crippen LogP contribution >= 0.6 is 0 Å². The first kappa shape index (κ1) is 27.6. The summed E-state index contributed by atoms with van der Waals surface area (Å²) in [5.41, 5.74) is 9.56. The summed E-state index contributed by atoms with van der Waals surface area (Å²) in [6, 6.07) is 16.1. The topological polar surface area (TPSA) is 103 Å². The summed E-state index contributed by atoms with van der Waals surface area (Å²) >= 11 is 0. The van der Waals surface area contributed by atoms with Gasteiger partial charge in [0.25, 0.3) is 5.91 Å². The fourth-order valence-corrected chi connectivity index (χ4v) is 4.15. The van der Waals surface area contributed by atoms with E-state index in [1.165, 1.54) is 12.1 Å². The second kappa shape index (κ2) is 11.4. The van der Waals surface area contributed by atoms with E-state index in [4.69, 9.17) is 16.3 Å². The zero-order valence-electron chi connectivity index (χ0n) is 21.2. The first-order valence-electron chi connectivity index (χ1n) is 11.8. The zero-order chi connectivity index (χ0) is 27.3. The van der Waals surface area contributed by atoms with Crippen LogP contribution in [-0.4, -0.2) is 18.3 Å². The zero-order valence-corrected chi connectivity index (χ0v) is 21.2. The lowest BCUT2D eigenvalue weighted by molar-refractivity contribution is -0.137. The molecule has 0 aliphatic heterocycles. The van der Waals surface area contributed by atoms with Crippen molar-refractivity contribution in [2.45, 2.75) is 40.0 Å². The van der Waals surface area contributed by atoms with E-state index in [-0.39, 0.29) is 30.3 Å². The molecule has 0 saturated carbocycles. The lowest BCUT2D eigenvalue weighted by Gasteiger charge is -2.24. The molecule has 5 N–H and O–H groups in total. The molecule has 0 heterocycles. The van der Waals surface area contributed by atoms with Crippen molar-refractivity contribution in [1.82, 2.24) is 5.32 Å². The summed E-state index contributed by atoms with van der Waals surface area (Å²) in [6.07, 6.45) is -4.66. The second-order valence-electron chi connectivity index (χ2n) is 9.21. The number of halogens is 3. The maximum absolute atomic E-state index is 12.9. The Morgan fingerprint density at radius 3 is 2.05 bits per heavy atom. The van der Waals surface area contributed by atoms with Gasteiger partial charge in [-0.1, -0.05) is 38.1 Å². The molecule has 1 atom stereocenters. The maximum Gasteiger partial charge on any atom is 0.416 e. The van der Waals surface area contributed by atoms with Crippen molar-refractivity contribution in [2.75, 3.05) is 6.54 Å². The number of carbonyl (C=O) groups is 1. The number of alkyl halides is 3. The quantitative estimate of drug-likeness (QED) is 0.155. The Hall–Kier alpha value is -4.01. The van der Waals surface area contributed by atoms with Gasteiger partial charge in [0.15, 0.2) is 0 Å². The number of nitrogens with one attached hydrogen (secondary N) is 1. The number of nitrogens with zero attached hydrogens (tertiary/aromatic N) is 1. The van der Waals surface area contributed by atoms with Crippen molar-refractivity contribution in [3.63, 3.8) is 0 Å². The fraction of sp³-hybridized carbons (Fsp3) is 0.286. The van der Waals surface area contributed by atoms with E-state index >= 15 is 0 Å². The minimum atomic E-state index is -4.37. The minimum Gasteiger partial charge on any atom is -0.485 e. The number of nitrogens with two attached hydrogens (primary N) is 2. The van der Waals surface area contributed by atoms with Crippen LogP contribution in [0.1, 0.15) is 52.6 Å². The van der Waals surface area contributed by atoms with Gasteiger partial charge in [-0.3, -0.25) is 4.79 Å². The Labute approximate surface area is 214 Å². The smallest absolute Gasteiger partial charge is 0.416 e. The third kappa shape index (κ3) is 6.81. The summed E-state index contributed by atoms with van der Waals surface area (Å²) in [5, 5.41) is 5.96. The molecule has 1 amide bonds. The van der Waals surface area contributed by atoms with Gasteiger partial charge in [0.05, 0.1) is 12.1 Å². The number of hydrogen-bond donors (Lipinski definition) is 3. The van der Waals surface area contributed by atoms with E-state index in [0.29, 0.717) is 16.9 Å². The van der Waals surface area contributed by atoms with Crippen LogP contribution in [0.2, 0.25) is 0 Å². The maximum atomic E-state index is 12.9. The molecule has 9 heteroatoms. The lowest BCUT2D eigenvalue weighted by atomic mass is 9.94. The highest BCUT2D eigenvalue weighted by atomic mass is 19.4. The van der Waals surface area contributed by atoms with Gasteiger partial charge in [0.2, 0.25) is 0 Å². The normalized spacial score (nSPS) is 12.9. The van der Waals surface area contributed by atoms with E-state index in [0.717, 1.165) is 34.4 Å². The van der Waals surface area contributed by atoms with Crippen molar-refractivity contribution in [2.24, 2.45) is 22.6 Å². The van der Waals surface area contributed by atoms with Crippen LogP contribution in [-0.2, 0) is 6.18 Å². The van der Waals surface area contributed by atoms with E-state index in [2.05, 4.69) is 10.4 Å². The number of amidine groups is 1. The molecule has 37 heavy (non-hydrogen) atoms. The SMILES string of the molecule is Cc1cc(OC(c2ccc(C(=O)NC/C(N)=N/N)cc2)C(C)C)cc(C)c1-c1ccc(C(F)(F)F)cc1. The monoisotopic (exact) mass is 512 g/mol. The van der Waals surface area contributed by atoms with Crippen molar-refractivity contribution in [3.05, 3.63) is 88.5 Å². The Morgan fingerprint density at radius 2 is 1.57 bits per heavy atom. The van der Waals surface area contributed by atoms with Crippen LogP contribution in [0.3, 0.4) is 0 Å². The number of aryl methyl sites for hydroxylation is 2. The van der Waals surface area contributed by atoms with Crippen molar-refractivity contribution >= 4 is 11.7 Å². The average molecular weight is 513 g/mol. The molecule has 0 aliphatic carbocycles. The Bertz CT molecular complexity index is 1250. The van der Waals surface area contributed by atoms with Crippen LogP contribution in [0.15, 0.2) is 65.8 Å². The van der Waals surface area contributed by atoms with E-state index in [9.17, 15) is 18.0 Å². The average Bonchev–Trinajstić information content (AvgIpc) is 2.85. The highest BCUT2D eigenvalue weighted by molar-refractivity contribution is 5.97.